The van der Waals surface area contributed by atoms with E-state index in [1.165, 1.54) is 25.3 Å². The highest BCUT2D eigenvalue weighted by Crippen LogP contribution is 2.29. The number of oxazole rings is 1. The maximum Gasteiger partial charge on any atom is 0.311 e. The molecule has 2 aromatic carbocycles. The average molecular weight is 390 g/mol. The van der Waals surface area contributed by atoms with E-state index in [0.717, 1.165) is 0 Å². The summed E-state index contributed by atoms with van der Waals surface area (Å²) in [6.45, 7) is 0. The van der Waals surface area contributed by atoms with Gasteiger partial charge in [0.25, 0.3) is 5.91 Å². The van der Waals surface area contributed by atoms with Crippen LogP contribution in [-0.4, -0.2) is 27.9 Å². The molecule has 144 valence electrons. The first kappa shape index (κ1) is 18.1. The molecule has 2 heterocycles. The Bertz CT molecular complexity index is 1200. The molecule has 0 aliphatic heterocycles. The highest BCUT2D eigenvalue weighted by Gasteiger charge is 2.18. The Morgan fingerprint density at radius 2 is 2.03 bits per heavy atom. The number of rotatable bonds is 5. The van der Waals surface area contributed by atoms with Crippen LogP contribution in [0.25, 0.3) is 22.7 Å². The molecule has 0 fully saturated rings. The van der Waals surface area contributed by atoms with Crippen LogP contribution in [0.2, 0.25) is 0 Å². The minimum absolute atomic E-state index is 0.0816. The summed E-state index contributed by atoms with van der Waals surface area (Å²) in [5.41, 5.74) is 2.04. The van der Waals surface area contributed by atoms with Crippen molar-refractivity contribution in [1.29, 1.82) is 0 Å². The van der Waals surface area contributed by atoms with E-state index in [1.54, 1.807) is 42.6 Å². The SMILES string of the molecule is COc1ccc(C(=O)Nc2cccc(-c3nc4ncccc4o3)c2)cc1[N+](=O)[O-]. The Labute approximate surface area is 164 Å². The summed E-state index contributed by atoms with van der Waals surface area (Å²) in [7, 11) is 1.33. The van der Waals surface area contributed by atoms with Gasteiger partial charge < -0.3 is 14.5 Å². The number of nitro groups is 1. The second kappa shape index (κ2) is 7.39. The summed E-state index contributed by atoms with van der Waals surface area (Å²) in [4.78, 5) is 31.6. The third-order valence-electron chi connectivity index (χ3n) is 4.17. The maximum absolute atomic E-state index is 12.6. The number of nitrogens with zero attached hydrogens (tertiary/aromatic N) is 3. The van der Waals surface area contributed by atoms with Crippen molar-refractivity contribution in [3.8, 4) is 17.2 Å². The third-order valence-corrected chi connectivity index (χ3v) is 4.17. The van der Waals surface area contributed by atoms with Gasteiger partial charge in [0, 0.05) is 29.1 Å². The predicted molar refractivity (Wildman–Crippen MR) is 105 cm³/mol. The molecule has 0 spiro atoms. The van der Waals surface area contributed by atoms with Crippen LogP contribution in [0.5, 0.6) is 5.75 Å². The van der Waals surface area contributed by atoms with Gasteiger partial charge in [0.15, 0.2) is 17.0 Å². The first-order valence-electron chi connectivity index (χ1n) is 8.51. The molecule has 1 N–H and O–H groups in total. The Morgan fingerprint density at radius 3 is 2.79 bits per heavy atom. The molecule has 0 saturated carbocycles. The second-order valence-corrected chi connectivity index (χ2v) is 6.02. The van der Waals surface area contributed by atoms with E-state index in [1.807, 2.05) is 0 Å². The first-order chi connectivity index (χ1) is 14.0. The molecule has 0 unspecified atom stereocenters. The highest BCUT2D eigenvalue weighted by molar-refractivity contribution is 6.05. The van der Waals surface area contributed by atoms with Crippen LogP contribution in [-0.2, 0) is 0 Å². The predicted octanol–water partition coefficient (Wildman–Crippen LogP) is 4.06. The highest BCUT2D eigenvalue weighted by atomic mass is 16.6. The van der Waals surface area contributed by atoms with Crippen molar-refractivity contribution < 1.29 is 18.9 Å². The number of fused-ring (bicyclic) bond motifs is 1. The Kier molecular flexibility index (Phi) is 4.62. The maximum atomic E-state index is 12.6. The standard InChI is InChI=1S/C20H14N4O5/c1-28-16-8-7-12(11-15(16)24(26)27)19(25)22-14-5-2-4-13(10-14)20-23-18-17(29-20)6-3-9-21-18/h2-11H,1H3,(H,22,25). The Hall–Kier alpha value is -4.27. The summed E-state index contributed by atoms with van der Waals surface area (Å²) in [6.07, 6.45) is 1.62. The molecule has 9 heteroatoms. The molecule has 4 rings (SSSR count). The van der Waals surface area contributed by atoms with Gasteiger partial charge >= 0.3 is 5.69 Å². The summed E-state index contributed by atoms with van der Waals surface area (Å²) in [6, 6.07) is 14.4. The molecular weight excluding hydrogens is 376 g/mol. The minimum Gasteiger partial charge on any atom is -0.490 e. The molecule has 4 aromatic rings. The molecule has 9 nitrogen and oxygen atoms in total. The molecule has 0 bridgehead atoms. The zero-order valence-electron chi connectivity index (χ0n) is 15.2. The van der Waals surface area contributed by atoms with Crippen molar-refractivity contribution in [2.24, 2.45) is 0 Å². The number of hydrogen-bond acceptors (Lipinski definition) is 7. The van der Waals surface area contributed by atoms with Crippen LogP contribution in [0, 0.1) is 10.1 Å². The number of amides is 1. The van der Waals surface area contributed by atoms with E-state index in [4.69, 9.17) is 9.15 Å². The number of methoxy groups -OCH3 is 1. The van der Waals surface area contributed by atoms with Crippen LogP contribution < -0.4 is 10.1 Å². The van der Waals surface area contributed by atoms with E-state index in [-0.39, 0.29) is 17.0 Å². The molecule has 0 aliphatic rings. The van der Waals surface area contributed by atoms with Crippen molar-refractivity contribution >= 4 is 28.5 Å². The number of hydrogen-bond donors (Lipinski definition) is 1. The van der Waals surface area contributed by atoms with E-state index in [0.29, 0.717) is 28.4 Å². The summed E-state index contributed by atoms with van der Waals surface area (Å²) >= 11 is 0. The number of nitrogens with one attached hydrogen (secondary N) is 1. The molecule has 0 aliphatic carbocycles. The topological polar surface area (TPSA) is 120 Å². The molecular formula is C20H14N4O5. The molecule has 29 heavy (non-hydrogen) atoms. The number of carbonyl (C=O) groups is 1. The largest absolute Gasteiger partial charge is 0.490 e. The average Bonchev–Trinajstić information content (AvgIpc) is 3.17. The number of nitro benzene ring substituents is 1. The molecule has 2 aromatic heterocycles. The fraction of sp³-hybridized carbons (Fsp3) is 0.0500. The lowest BCUT2D eigenvalue weighted by Crippen LogP contribution is -2.12. The van der Waals surface area contributed by atoms with Gasteiger partial charge in [-0.2, -0.15) is 4.98 Å². The lowest BCUT2D eigenvalue weighted by Gasteiger charge is -2.07. The van der Waals surface area contributed by atoms with Crippen molar-refractivity contribution in [3.63, 3.8) is 0 Å². The number of pyridine rings is 1. The fourth-order valence-corrected chi connectivity index (χ4v) is 2.80. The van der Waals surface area contributed by atoms with Gasteiger partial charge in [0.05, 0.1) is 12.0 Å². The molecule has 0 atom stereocenters. The third kappa shape index (κ3) is 3.61. The zero-order chi connectivity index (χ0) is 20.4. The summed E-state index contributed by atoms with van der Waals surface area (Å²) in [5.74, 6) is -0.0415. The van der Waals surface area contributed by atoms with E-state index in [2.05, 4.69) is 15.3 Å². The first-order valence-corrected chi connectivity index (χ1v) is 8.51. The van der Waals surface area contributed by atoms with Gasteiger partial charge in [-0.3, -0.25) is 14.9 Å². The van der Waals surface area contributed by atoms with Crippen LogP contribution in [0.3, 0.4) is 0 Å². The second-order valence-electron chi connectivity index (χ2n) is 6.02. The quantitative estimate of drug-likeness (QED) is 0.403. The lowest BCUT2D eigenvalue weighted by molar-refractivity contribution is -0.385. The van der Waals surface area contributed by atoms with E-state index in [9.17, 15) is 14.9 Å². The van der Waals surface area contributed by atoms with Crippen molar-refractivity contribution in [2.45, 2.75) is 0 Å². The van der Waals surface area contributed by atoms with E-state index < -0.39 is 10.8 Å². The van der Waals surface area contributed by atoms with Gasteiger partial charge in [-0.1, -0.05) is 6.07 Å². The smallest absolute Gasteiger partial charge is 0.311 e. The molecule has 0 saturated heterocycles. The zero-order valence-corrected chi connectivity index (χ0v) is 15.2. The van der Waals surface area contributed by atoms with Crippen LogP contribution in [0.15, 0.2) is 65.2 Å². The monoisotopic (exact) mass is 390 g/mol. The van der Waals surface area contributed by atoms with Gasteiger partial charge in [-0.15, -0.1) is 0 Å². The van der Waals surface area contributed by atoms with Crippen molar-refractivity contribution in [3.05, 3.63) is 76.5 Å². The minimum atomic E-state index is -0.600. The number of anilines is 1. The van der Waals surface area contributed by atoms with Gasteiger partial charge in [-0.25, -0.2) is 4.98 Å². The van der Waals surface area contributed by atoms with Gasteiger partial charge in [0.1, 0.15) is 0 Å². The number of benzene rings is 2. The summed E-state index contributed by atoms with van der Waals surface area (Å²) in [5, 5.41) is 13.9. The number of aromatic nitrogens is 2. The lowest BCUT2D eigenvalue weighted by atomic mass is 10.1. The van der Waals surface area contributed by atoms with Crippen LogP contribution >= 0.6 is 0 Å². The molecule has 0 radical (unpaired) electrons. The normalized spacial score (nSPS) is 10.7. The number of ether oxygens (including phenoxy) is 1. The number of carbonyl (C=O) groups excluding carboxylic acids is 1. The Morgan fingerprint density at radius 1 is 1.17 bits per heavy atom. The Balaban J connectivity index is 1.60. The van der Waals surface area contributed by atoms with Crippen molar-refractivity contribution in [1.82, 2.24) is 9.97 Å². The fourth-order valence-electron chi connectivity index (χ4n) is 2.80. The summed E-state index contributed by atoms with van der Waals surface area (Å²) < 4.78 is 10.6. The molecule has 1 amide bonds. The van der Waals surface area contributed by atoms with Gasteiger partial charge in [0.2, 0.25) is 5.89 Å². The van der Waals surface area contributed by atoms with Crippen LogP contribution in [0.1, 0.15) is 10.4 Å². The van der Waals surface area contributed by atoms with E-state index >= 15 is 0 Å². The van der Waals surface area contributed by atoms with Crippen molar-refractivity contribution in [2.75, 3.05) is 12.4 Å². The van der Waals surface area contributed by atoms with Crippen LogP contribution in [0.4, 0.5) is 11.4 Å². The van der Waals surface area contributed by atoms with Gasteiger partial charge in [-0.05, 0) is 42.5 Å².